The topological polar surface area (TPSA) is 19.4 Å². The number of likely N-dealkylation sites (N-methyl/N-ethyl adjacent to an activating group) is 1. The number of anilines is 1. The molecule has 3 nitrogen and oxygen atoms in total. The monoisotopic (exact) mass is 349 g/mol. The van der Waals surface area contributed by atoms with Crippen molar-refractivity contribution < 1.29 is 4.39 Å². The van der Waals surface area contributed by atoms with Gasteiger partial charge in [-0.1, -0.05) is 25.1 Å². The van der Waals surface area contributed by atoms with Gasteiger partial charge >= 0.3 is 0 Å². The van der Waals surface area contributed by atoms with E-state index in [1.807, 2.05) is 30.3 Å². The zero-order chi connectivity index (χ0) is 18.1. The summed E-state index contributed by atoms with van der Waals surface area (Å²) in [4.78, 5) is 9.87. The summed E-state index contributed by atoms with van der Waals surface area (Å²) in [6, 6.07) is 17.5. The lowest BCUT2D eigenvalue weighted by Gasteiger charge is -2.41. The van der Waals surface area contributed by atoms with E-state index in [1.165, 1.54) is 12.1 Å². The van der Waals surface area contributed by atoms with Gasteiger partial charge in [0.2, 0.25) is 0 Å². The highest BCUT2D eigenvalue weighted by Gasteiger charge is 2.26. The summed E-state index contributed by atoms with van der Waals surface area (Å²) in [5, 5.41) is 1.14. The highest BCUT2D eigenvalue weighted by atomic mass is 19.1. The predicted octanol–water partition coefficient (Wildman–Crippen LogP) is 4.57. The summed E-state index contributed by atoms with van der Waals surface area (Å²) in [7, 11) is 0. The van der Waals surface area contributed by atoms with Crippen molar-refractivity contribution in [3.8, 4) is 11.3 Å². The number of benzene rings is 2. The van der Waals surface area contributed by atoms with E-state index in [-0.39, 0.29) is 5.82 Å². The van der Waals surface area contributed by atoms with Crippen LogP contribution in [0.3, 0.4) is 0 Å². The van der Waals surface area contributed by atoms with E-state index < -0.39 is 0 Å². The summed E-state index contributed by atoms with van der Waals surface area (Å²) < 4.78 is 13.4. The van der Waals surface area contributed by atoms with Gasteiger partial charge in [-0.25, -0.2) is 9.37 Å². The first-order chi connectivity index (χ1) is 12.7. The number of para-hydroxylation sites is 1. The zero-order valence-corrected chi connectivity index (χ0v) is 15.3. The van der Waals surface area contributed by atoms with Gasteiger partial charge in [-0.05, 0) is 49.9 Å². The van der Waals surface area contributed by atoms with Gasteiger partial charge < -0.3 is 4.90 Å². The minimum absolute atomic E-state index is 0.221. The van der Waals surface area contributed by atoms with Crippen LogP contribution in [0.4, 0.5) is 10.1 Å². The van der Waals surface area contributed by atoms with E-state index in [9.17, 15) is 4.39 Å². The molecule has 134 valence electrons. The number of piperazine rings is 1. The quantitative estimate of drug-likeness (QED) is 0.690. The van der Waals surface area contributed by atoms with Crippen molar-refractivity contribution in [3.63, 3.8) is 0 Å². The Bertz CT molecular complexity index is 907. The predicted molar refractivity (Wildman–Crippen MR) is 106 cm³/mol. The van der Waals surface area contributed by atoms with Gasteiger partial charge in [-0.15, -0.1) is 0 Å². The summed E-state index contributed by atoms with van der Waals surface area (Å²) >= 11 is 0. The molecule has 3 aromatic rings. The average molecular weight is 349 g/mol. The molecule has 0 bridgehead atoms. The fraction of sp³-hybridized carbons (Fsp3) is 0.318. The average Bonchev–Trinajstić information content (AvgIpc) is 2.67. The molecule has 1 aliphatic rings. The Hall–Kier alpha value is -2.46. The van der Waals surface area contributed by atoms with Gasteiger partial charge in [0.05, 0.1) is 16.9 Å². The van der Waals surface area contributed by atoms with Crippen LogP contribution in [0, 0.1) is 5.82 Å². The third-order valence-electron chi connectivity index (χ3n) is 5.29. The van der Waals surface area contributed by atoms with Crippen molar-refractivity contribution in [2.45, 2.75) is 19.9 Å². The van der Waals surface area contributed by atoms with Gasteiger partial charge in [0.1, 0.15) is 5.82 Å². The molecule has 1 fully saturated rings. The molecule has 0 spiro atoms. The Morgan fingerprint density at radius 3 is 2.58 bits per heavy atom. The Morgan fingerprint density at radius 2 is 1.85 bits per heavy atom. The third kappa shape index (κ3) is 3.17. The van der Waals surface area contributed by atoms with Gasteiger partial charge in [0, 0.05) is 36.6 Å². The molecule has 0 N–H and O–H groups in total. The van der Waals surface area contributed by atoms with Gasteiger partial charge in [0.25, 0.3) is 0 Å². The summed E-state index contributed by atoms with van der Waals surface area (Å²) in [6.07, 6.45) is 0. The van der Waals surface area contributed by atoms with Crippen LogP contribution in [0.5, 0.6) is 0 Å². The molecule has 0 saturated carbocycles. The van der Waals surface area contributed by atoms with Gasteiger partial charge in [0.15, 0.2) is 0 Å². The lowest BCUT2D eigenvalue weighted by Crippen LogP contribution is -2.52. The van der Waals surface area contributed by atoms with Gasteiger partial charge in [-0.3, -0.25) is 4.90 Å². The molecule has 1 saturated heterocycles. The van der Waals surface area contributed by atoms with E-state index in [0.29, 0.717) is 6.04 Å². The van der Waals surface area contributed by atoms with Crippen molar-refractivity contribution in [3.05, 3.63) is 60.4 Å². The molecular weight excluding hydrogens is 325 g/mol. The largest absolute Gasteiger partial charge is 0.364 e. The number of hydrogen-bond acceptors (Lipinski definition) is 3. The molecule has 0 aliphatic carbocycles. The number of nitrogens with zero attached hydrogens (tertiary/aromatic N) is 3. The van der Waals surface area contributed by atoms with Crippen molar-refractivity contribution in [1.29, 1.82) is 0 Å². The number of pyridine rings is 1. The van der Waals surface area contributed by atoms with E-state index >= 15 is 0 Å². The number of aromatic nitrogens is 1. The fourth-order valence-corrected chi connectivity index (χ4v) is 3.82. The van der Waals surface area contributed by atoms with Crippen LogP contribution in [-0.4, -0.2) is 42.1 Å². The third-order valence-corrected chi connectivity index (χ3v) is 5.29. The summed E-state index contributed by atoms with van der Waals surface area (Å²) in [5.41, 5.74) is 3.99. The first kappa shape index (κ1) is 17.0. The lowest BCUT2D eigenvalue weighted by atomic mass is 10.0. The highest BCUT2D eigenvalue weighted by molar-refractivity contribution is 5.89. The van der Waals surface area contributed by atoms with Crippen LogP contribution in [0.25, 0.3) is 22.2 Å². The van der Waals surface area contributed by atoms with Crippen LogP contribution >= 0.6 is 0 Å². The molecule has 0 amide bonds. The second-order valence-corrected chi connectivity index (χ2v) is 6.99. The number of rotatable bonds is 3. The maximum Gasteiger partial charge on any atom is 0.123 e. The van der Waals surface area contributed by atoms with Crippen LogP contribution in [0.1, 0.15) is 13.8 Å². The zero-order valence-electron chi connectivity index (χ0n) is 15.3. The van der Waals surface area contributed by atoms with E-state index in [0.717, 1.165) is 54.0 Å². The standard InChI is InChI=1S/C22H24FN3/c1-3-25-12-13-26(16(2)15-25)21-14-18-6-4-5-7-20(18)24-22(21)17-8-10-19(23)11-9-17/h4-11,14,16H,3,12-13,15H2,1-2H3/t16-/m0/s1. The molecule has 4 rings (SSSR count). The van der Waals surface area contributed by atoms with Crippen molar-refractivity contribution in [2.24, 2.45) is 0 Å². The molecule has 1 aliphatic heterocycles. The summed E-state index contributed by atoms with van der Waals surface area (Å²) in [6.45, 7) is 8.64. The highest BCUT2D eigenvalue weighted by Crippen LogP contribution is 2.34. The molecule has 0 unspecified atom stereocenters. The van der Waals surface area contributed by atoms with Crippen molar-refractivity contribution in [1.82, 2.24) is 9.88 Å². The van der Waals surface area contributed by atoms with Crippen LogP contribution < -0.4 is 4.90 Å². The first-order valence-corrected chi connectivity index (χ1v) is 9.30. The summed E-state index contributed by atoms with van der Waals surface area (Å²) in [5.74, 6) is -0.221. The van der Waals surface area contributed by atoms with Crippen molar-refractivity contribution >= 4 is 16.6 Å². The Kier molecular flexibility index (Phi) is 4.60. The fourth-order valence-electron chi connectivity index (χ4n) is 3.82. The van der Waals surface area contributed by atoms with Crippen molar-refractivity contribution in [2.75, 3.05) is 31.1 Å². The smallest absolute Gasteiger partial charge is 0.123 e. The molecule has 2 aromatic carbocycles. The maximum absolute atomic E-state index is 13.4. The molecule has 26 heavy (non-hydrogen) atoms. The van der Waals surface area contributed by atoms with E-state index in [4.69, 9.17) is 4.98 Å². The molecule has 2 heterocycles. The maximum atomic E-state index is 13.4. The second kappa shape index (κ2) is 7.04. The lowest BCUT2D eigenvalue weighted by molar-refractivity contribution is 0.240. The first-order valence-electron chi connectivity index (χ1n) is 9.30. The normalized spacial score (nSPS) is 18.4. The van der Waals surface area contributed by atoms with Crippen LogP contribution in [0.2, 0.25) is 0 Å². The number of hydrogen-bond donors (Lipinski definition) is 0. The molecular formula is C22H24FN3. The Morgan fingerprint density at radius 1 is 1.08 bits per heavy atom. The second-order valence-electron chi connectivity index (χ2n) is 6.99. The van der Waals surface area contributed by atoms with E-state index in [1.54, 1.807) is 0 Å². The number of fused-ring (bicyclic) bond motifs is 1. The van der Waals surface area contributed by atoms with E-state index in [2.05, 4.69) is 35.8 Å². The Labute approximate surface area is 154 Å². The molecule has 0 radical (unpaired) electrons. The molecule has 1 aromatic heterocycles. The Balaban J connectivity index is 1.84. The van der Waals surface area contributed by atoms with Crippen LogP contribution in [-0.2, 0) is 0 Å². The minimum atomic E-state index is -0.221. The van der Waals surface area contributed by atoms with Crippen LogP contribution in [0.15, 0.2) is 54.6 Å². The minimum Gasteiger partial charge on any atom is -0.364 e. The van der Waals surface area contributed by atoms with Gasteiger partial charge in [-0.2, -0.15) is 0 Å². The number of halogens is 1. The molecule has 4 heteroatoms. The SMILES string of the molecule is CCN1CCN(c2cc3ccccc3nc2-c2ccc(F)cc2)[C@@H](C)C1. The molecule has 1 atom stereocenters.